The molecule has 1 aliphatic heterocycles. The van der Waals surface area contributed by atoms with Crippen molar-refractivity contribution >= 4 is 50.6 Å². The molecule has 10 heteroatoms. The van der Waals surface area contributed by atoms with Crippen LogP contribution < -0.4 is 10.2 Å². The molecule has 0 atom stereocenters. The summed E-state index contributed by atoms with van der Waals surface area (Å²) in [4.78, 5) is 18.8. The second-order valence-corrected chi connectivity index (χ2v) is 9.76. The Hall–Kier alpha value is -1.87. The van der Waals surface area contributed by atoms with Crippen LogP contribution in [0.25, 0.3) is 0 Å². The van der Waals surface area contributed by atoms with Crippen molar-refractivity contribution in [2.45, 2.75) is 17.7 Å². The van der Waals surface area contributed by atoms with Crippen molar-refractivity contribution in [3.63, 3.8) is 0 Å². The van der Waals surface area contributed by atoms with Gasteiger partial charge in [0.15, 0.2) is 5.82 Å². The third-order valence-electron chi connectivity index (χ3n) is 4.80. The minimum absolute atomic E-state index is 0.0134. The van der Waals surface area contributed by atoms with Crippen molar-refractivity contribution in [1.82, 2.24) is 9.29 Å². The number of halogens is 2. The molecule has 0 radical (unpaired) electrons. The van der Waals surface area contributed by atoms with E-state index in [4.69, 9.17) is 23.2 Å². The Morgan fingerprint density at radius 2 is 1.90 bits per heavy atom. The van der Waals surface area contributed by atoms with Crippen molar-refractivity contribution < 1.29 is 13.2 Å². The standard InChI is InChI=1S/C19H22Cl2N4O3S/c1-24(2)18-16(4-3-9-22-18)23-19(26)13-7-10-25(11-8-13)29(27,28)17-12-14(20)5-6-15(17)21/h3-6,9,12-13H,7-8,10-11H2,1-2H3,(H,23,26). The molecule has 1 aromatic carbocycles. The van der Waals surface area contributed by atoms with Gasteiger partial charge >= 0.3 is 0 Å². The number of piperidine rings is 1. The fourth-order valence-corrected chi connectivity index (χ4v) is 5.46. The highest BCUT2D eigenvalue weighted by molar-refractivity contribution is 7.89. The number of rotatable bonds is 5. The van der Waals surface area contributed by atoms with Gasteiger partial charge < -0.3 is 10.2 Å². The Labute approximate surface area is 180 Å². The minimum atomic E-state index is -3.77. The van der Waals surface area contributed by atoms with Gasteiger partial charge in [0.25, 0.3) is 0 Å². The maximum Gasteiger partial charge on any atom is 0.244 e. The van der Waals surface area contributed by atoms with Crippen molar-refractivity contribution in [3.05, 3.63) is 46.6 Å². The summed E-state index contributed by atoms with van der Waals surface area (Å²) in [7, 11) is -0.0736. The number of hydrogen-bond donors (Lipinski definition) is 1. The van der Waals surface area contributed by atoms with Crippen molar-refractivity contribution in [1.29, 1.82) is 0 Å². The second kappa shape index (κ2) is 8.87. The number of benzene rings is 1. The molecule has 1 saturated heterocycles. The van der Waals surface area contributed by atoms with E-state index in [-0.39, 0.29) is 34.8 Å². The molecule has 1 fully saturated rings. The Bertz CT molecular complexity index is 1010. The number of pyridine rings is 1. The van der Waals surface area contributed by atoms with Gasteiger partial charge in [-0.2, -0.15) is 4.31 Å². The van der Waals surface area contributed by atoms with Gasteiger partial charge in [0, 0.05) is 44.3 Å². The second-order valence-electron chi connectivity index (χ2n) is 7.01. The summed E-state index contributed by atoms with van der Waals surface area (Å²) in [6.45, 7) is 0.466. The van der Waals surface area contributed by atoms with E-state index in [0.717, 1.165) is 0 Å². The largest absolute Gasteiger partial charge is 0.361 e. The summed E-state index contributed by atoms with van der Waals surface area (Å²) in [6, 6.07) is 7.91. The number of hydrogen-bond acceptors (Lipinski definition) is 5. The third kappa shape index (κ3) is 4.83. The number of amides is 1. The van der Waals surface area contributed by atoms with Gasteiger partial charge in [0.2, 0.25) is 15.9 Å². The predicted octanol–water partition coefficient (Wildman–Crippen LogP) is 3.49. The molecule has 0 saturated carbocycles. The zero-order valence-corrected chi connectivity index (χ0v) is 18.4. The van der Waals surface area contributed by atoms with Crippen LogP contribution in [-0.4, -0.2) is 50.8 Å². The summed E-state index contributed by atoms with van der Waals surface area (Å²) >= 11 is 12.0. The zero-order chi connectivity index (χ0) is 21.2. The molecule has 2 heterocycles. The Morgan fingerprint density at radius 1 is 1.21 bits per heavy atom. The lowest BCUT2D eigenvalue weighted by molar-refractivity contribution is -0.120. The lowest BCUT2D eigenvalue weighted by atomic mass is 9.97. The lowest BCUT2D eigenvalue weighted by Gasteiger charge is -2.31. The van der Waals surface area contributed by atoms with Crippen LogP contribution in [0.4, 0.5) is 11.5 Å². The van der Waals surface area contributed by atoms with E-state index >= 15 is 0 Å². The van der Waals surface area contributed by atoms with Crippen LogP contribution in [0, 0.1) is 5.92 Å². The molecular weight excluding hydrogens is 435 g/mol. The summed E-state index contributed by atoms with van der Waals surface area (Å²) in [6.07, 6.45) is 2.50. The first-order valence-electron chi connectivity index (χ1n) is 9.08. The number of sulfonamides is 1. The van der Waals surface area contributed by atoms with E-state index in [1.807, 2.05) is 19.0 Å². The van der Waals surface area contributed by atoms with Crippen LogP contribution in [-0.2, 0) is 14.8 Å². The number of nitrogens with one attached hydrogen (secondary N) is 1. The SMILES string of the molecule is CN(C)c1ncccc1NC(=O)C1CCN(S(=O)(=O)c2cc(Cl)ccc2Cl)CC1. The number of carbonyl (C=O) groups excluding carboxylic acids is 1. The van der Waals surface area contributed by atoms with E-state index in [0.29, 0.717) is 29.4 Å². The molecule has 1 aliphatic rings. The molecule has 156 valence electrons. The average molecular weight is 457 g/mol. The first-order chi connectivity index (χ1) is 13.7. The first kappa shape index (κ1) is 21.8. The van der Waals surface area contributed by atoms with Gasteiger partial charge in [0.1, 0.15) is 4.90 Å². The molecule has 3 rings (SSSR count). The van der Waals surface area contributed by atoms with E-state index in [2.05, 4.69) is 10.3 Å². The molecule has 0 aliphatic carbocycles. The van der Waals surface area contributed by atoms with Crippen LogP contribution >= 0.6 is 23.2 Å². The van der Waals surface area contributed by atoms with Gasteiger partial charge in [-0.25, -0.2) is 13.4 Å². The van der Waals surface area contributed by atoms with Gasteiger partial charge in [-0.05, 0) is 43.2 Å². The van der Waals surface area contributed by atoms with Crippen LogP contribution in [0.1, 0.15) is 12.8 Å². The molecule has 0 unspecified atom stereocenters. The zero-order valence-electron chi connectivity index (χ0n) is 16.1. The first-order valence-corrected chi connectivity index (χ1v) is 11.3. The average Bonchev–Trinajstić information content (AvgIpc) is 2.70. The van der Waals surface area contributed by atoms with E-state index in [1.54, 1.807) is 24.4 Å². The number of carbonyl (C=O) groups is 1. The van der Waals surface area contributed by atoms with Crippen LogP contribution in [0.2, 0.25) is 10.0 Å². The topological polar surface area (TPSA) is 82.6 Å². The van der Waals surface area contributed by atoms with Crippen molar-refractivity contribution in [3.8, 4) is 0 Å². The van der Waals surface area contributed by atoms with Gasteiger partial charge in [-0.3, -0.25) is 4.79 Å². The summed E-state index contributed by atoms with van der Waals surface area (Å²) < 4.78 is 27.2. The number of aromatic nitrogens is 1. The van der Waals surface area contributed by atoms with Gasteiger partial charge in [-0.15, -0.1) is 0 Å². The molecular formula is C19H22Cl2N4O3S. The van der Waals surface area contributed by atoms with E-state index in [1.165, 1.54) is 16.4 Å². The summed E-state index contributed by atoms with van der Waals surface area (Å²) in [5.74, 6) is 0.238. The van der Waals surface area contributed by atoms with Crippen LogP contribution in [0.3, 0.4) is 0 Å². The quantitative estimate of drug-likeness (QED) is 0.744. The highest BCUT2D eigenvalue weighted by atomic mass is 35.5. The molecule has 1 N–H and O–H groups in total. The van der Waals surface area contributed by atoms with E-state index < -0.39 is 10.0 Å². The maximum atomic E-state index is 12.9. The number of nitrogens with zero attached hydrogens (tertiary/aromatic N) is 3. The van der Waals surface area contributed by atoms with Crippen molar-refractivity contribution in [2.24, 2.45) is 5.92 Å². The Kier molecular flexibility index (Phi) is 6.68. The molecule has 0 bridgehead atoms. The minimum Gasteiger partial charge on any atom is -0.361 e. The fraction of sp³-hybridized carbons (Fsp3) is 0.368. The molecule has 1 aromatic heterocycles. The molecule has 2 aromatic rings. The monoisotopic (exact) mass is 456 g/mol. The van der Waals surface area contributed by atoms with Gasteiger partial charge in [0.05, 0.1) is 10.7 Å². The highest BCUT2D eigenvalue weighted by Gasteiger charge is 2.33. The normalized spacial score (nSPS) is 15.9. The van der Waals surface area contributed by atoms with Crippen molar-refractivity contribution in [2.75, 3.05) is 37.4 Å². The number of anilines is 2. The molecule has 7 nitrogen and oxygen atoms in total. The summed E-state index contributed by atoms with van der Waals surface area (Å²) in [5.41, 5.74) is 0.628. The molecule has 0 spiro atoms. The third-order valence-corrected chi connectivity index (χ3v) is 7.42. The van der Waals surface area contributed by atoms with Gasteiger partial charge in [-0.1, -0.05) is 23.2 Å². The lowest BCUT2D eigenvalue weighted by Crippen LogP contribution is -2.41. The Morgan fingerprint density at radius 3 is 2.55 bits per heavy atom. The maximum absolute atomic E-state index is 12.9. The smallest absolute Gasteiger partial charge is 0.244 e. The van der Waals surface area contributed by atoms with Crippen LogP contribution in [0.5, 0.6) is 0 Å². The predicted molar refractivity (Wildman–Crippen MR) is 115 cm³/mol. The Balaban J connectivity index is 1.67. The van der Waals surface area contributed by atoms with Crippen LogP contribution in [0.15, 0.2) is 41.4 Å². The molecule has 29 heavy (non-hydrogen) atoms. The highest BCUT2D eigenvalue weighted by Crippen LogP contribution is 2.31. The molecule has 1 amide bonds. The van der Waals surface area contributed by atoms with E-state index in [9.17, 15) is 13.2 Å². The fourth-order valence-electron chi connectivity index (χ4n) is 3.26. The summed E-state index contributed by atoms with van der Waals surface area (Å²) in [5, 5.41) is 3.34.